The van der Waals surface area contributed by atoms with E-state index in [0.717, 1.165) is 18.4 Å². The van der Waals surface area contributed by atoms with Crippen LogP contribution in [0.5, 0.6) is 0 Å². The molecule has 0 spiro atoms. The fraction of sp³-hybridized carbons (Fsp3) is 0.353. The molecule has 134 valence electrons. The smallest absolute Gasteiger partial charge is 0.268 e. The Hall–Kier alpha value is -1.83. The van der Waals surface area contributed by atoms with Crippen molar-refractivity contribution in [1.29, 1.82) is 0 Å². The maximum atomic E-state index is 12.6. The van der Waals surface area contributed by atoms with Gasteiger partial charge in [0, 0.05) is 37.9 Å². The van der Waals surface area contributed by atoms with Crippen LogP contribution in [0, 0.1) is 0 Å². The van der Waals surface area contributed by atoms with Crippen molar-refractivity contribution in [2.75, 3.05) is 13.1 Å². The summed E-state index contributed by atoms with van der Waals surface area (Å²) in [6, 6.07) is 8.68. The third-order valence-corrected chi connectivity index (χ3v) is 6.55. The maximum absolute atomic E-state index is 12.6. The number of rotatable bonds is 5. The van der Waals surface area contributed by atoms with Gasteiger partial charge in [0.25, 0.3) is 5.91 Å². The second kappa shape index (κ2) is 7.19. The molecular formula is C17H20ClN3O3S. The van der Waals surface area contributed by atoms with Crippen LogP contribution in [0.2, 0.25) is 5.02 Å². The van der Waals surface area contributed by atoms with Crippen molar-refractivity contribution >= 4 is 27.5 Å². The Kier molecular flexibility index (Phi) is 5.17. The Morgan fingerprint density at radius 1 is 1.24 bits per heavy atom. The van der Waals surface area contributed by atoms with Gasteiger partial charge in [-0.1, -0.05) is 29.8 Å². The summed E-state index contributed by atoms with van der Waals surface area (Å²) in [6.07, 6.45) is 3.23. The summed E-state index contributed by atoms with van der Waals surface area (Å²) < 4.78 is 28.2. The first-order chi connectivity index (χ1) is 11.9. The topological polar surface area (TPSA) is 71.4 Å². The van der Waals surface area contributed by atoms with Crippen LogP contribution >= 0.6 is 11.6 Å². The van der Waals surface area contributed by atoms with Gasteiger partial charge in [-0.25, -0.2) is 8.42 Å². The van der Waals surface area contributed by atoms with Crippen LogP contribution in [0.3, 0.4) is 0 Å². The van der Waals surface area contributed by atoms with E-state index in [1.54, 1.807) is 13.1 Å². The molecule has 0 unspecified atom stereocenters. The molecule has 0 bridgehead atoms. The average Bonchev–Trinajstić information content (AvgIpc) is 3.24. The van der Waals surface area contributed by atoms with Gasteiger partial charge in [-0.2, -0.15) is 4.31 Å². The number of amides is 1. The molecule has 0 saturated carbocycles. The van der Waals surface area contributed by atoms with Gasteiger partial charge in [0.1, 0.15) is 10.6 Å². The van der Waals surface area contributed by atoms with Crippen molar-refractivity contribution < 1.29 is 13.2 Å². The fourth-order valence-electron chi connectivity index (χ4n) is 2.89. The van der Waals surface area contributed by atoms with Crippen LogP contribution in [-0.4, -0.2) is 36.3 Å². The first-order valence-electron chi connectivity index (χ1n) is 8.08. The van der Waals surface area contributed by atoms with E-state index in [9.17, 15) is 13.2 Å². The highest BCUT2D eigenvalue weighted by atomic mass is 35.5. The third-order valence-electron chi connectivity index (χ3n) is 4.31. The van der Waals surface area contributed by atoms with E-state index in [1.807, 2.05) is 18.2 Å². The van der Waals surface area contributed by atoms with Gasteiger partial charge in [-0.15, -0.1) is 0 Å². The number of halogens is 1. The van der Waals surface area contributed by atoms with E-state index in [1.165, 1.54) is 21.1 Å². The summed E-state index contributed by atoms with van der Waals surface area (Å²) in [5.41, 5.74) is 1.10. The van der Waals surface area contributed by atoms with Gasteiger partial charge >= 0.3 is 0 Å². The SMILES string of the molecule is Cn1cc(S(=O)(=O)N2CCCC2)cc1C(=O)NCc1ccccc1Cl. The Balaban J connectivity index is 1.76. The van der Waals surface area contributed by atoms with Crippen LogP contribution in [0.4, 0.5) is 0 Å². The number of aromatic nitrogens is 1. The van der Waals surface area contributed by atoms with E-state index >= 15 is 0 Å². The lowest BCUT2D eigenvalue weighted by molar-refractivity contribution is 0.0943. The van der Waals surface area contributed by atoms with Crippen LogP contribution < -0.4 is 5.32 Å². The zero-order chi connectivity index (χ0) is 18.0. The molecule has 1 aromatic heterocycles. The molecule has 2 heterocycles. The number of sulfonamides is 1. The minimum Gasteiger partial charge on any atom is -0.347 e. The lowest BCUT2D eigenvalue weighted by Crippen LogP contribution is -2.27. The number of benzene rings is 1. The highest BCUT2D eigenvalue weighted by Gasteiger charge is 2.29. The molecule has 8 heteroatoms. The summed E-state index contributed by atoms with van der Waals surface area (Å²) in [5.74, 6) is -0.342. The van der Waals surface area contributed by atoms with Gasteiger partial charge in [-0.3, -0.25) is 4.79 Å². The molecular weight excluding hydrogens is 362 g/mol. The Labute approximate surface area is 152 Å². The molecule has 0 radical (unpaired) electrons. The third kappa shape index (κ3) is 3.73. The number of aryl methyl sites for hydroxylation is 1. The molecule has 1 aromatic carbocycles. The van der Waals surface area contributed by atoms with Gasteiger partial charge in [0.15, 0.2) is 0 Å². The molecule has 2 aromatic rings. The van der Waals surface area contributed by atoms with Gasteiger partial charge in [0.05, 0.1) is 0 Å². The van der Waals surface area contributed by atoms with Crippen molar-refractivity contribution in [1.82, 2.24) is 14.2 Å². The highest BCUT2D eigenvalue weighted by molar-refractivity contribution is 7.89. The highest BCUT2D eigenvalue weighted by Crippen LogP contribution is 2.22. The number of hydrogen-bond acceptors (Lipinski definition) is 3. The molecule has 25 heavy (non-hydrogen) atoms. The molecule has 1 aliphatic heterocycles. The van der Waals surface area contributed by atoms with Crippen LogP contribution in [0.1, 0.15) is 28.9 Å². The van der Waals surface area contributed by atoms with Gasteiger partial charge < -0.3 is 9.88 Å². The Morgan fingerprint density at radius 2 is 1.92 bits per heavy atom. The van der Waals surface area contributed by atoms with Crippen LogP contribution in [0.25, 0.3) is 0 Å². The number of carbonyl (C=O) groups excluding carboxylic acids is 1. The molecule has 1 N–H and O–H groups in total. The molecule has 0 aliphatic carbocycles. The average molecular weight is 382 g/mol. The number of nitrogens with one attached hydrogen (secondary N) is 1. The first-order valence-corrected chi connectivity index (χ1v) is 9.89. The first kappa shape index (κ1) is 18.0. The van der Waals surface area contributed by atoms with Crippen molar-refractivity contribution in [2.45, 2.75) is 24.3 Å². The summed E-state index contributed by atoms with van der Waals surface area (Å²) >= 11 is 6.08. The molecule has 3 rings (SSSR count). The van der Waals surface area contributed by atoms with E-state index in [4.69, 9.17) is 11.6 Å². The Bertz CT molecular complexity index is 886. The summed E-state index contributed by atoms with van der Waals surface area (Å²) in [7, 11) is -1.88. The maximum Gasteiger partial charge on any atom is 0.268 e. The molecule has 1 saturated heterocycles. The molecule has 0 atom stereocenters. The standard InChI is InChI=1S/C17H20ClN3O3S/c1-20-12-14(25(23,24)21-8-4-5-9-21)10-16(20)17(22)19-11-13-6-2-3-7-15(13)18/h2-3,6-7,10,12H,4-5,8-9,11H2,1H3,(H,19,22). The normalized spacial score (nSPS) is 15.4. The van der Waals surface area contributed by atoms with Crippen LogP contribution in [-0.2, 0) is 23.6 Å². The predicted molar refractivity (Wildman–Crippen MR) is 96.0 cm³/mol. The van der Waals surface area contributed by atoms with E-state index in [2.05, 4.69) is 5.32 Å². The summed E-state index contributed by atoms with van der Waals surface area (Å²) in [5, 5.41) is 3.35. The number of nitrogens with zero attached hydrogens (tertiary/aromatic N) is 2. The van der Waals surface area contributed by atoms with E-state index in [-0.39, 0.29) is 17.3 Å². The summed E-state index contributed by atoms with van der Waals surface area (Å²) in [4.78, 5) is 12.6. The lowest BCUT2D eigenvalue weighted by Gasteiger charge is -2.13. The summed E-state index contributed by atoms with van der Waals surface area (Å²) in [6.45, 7) is 1.34. The van der Waals surface area contributed by atoms with E-state index in [0.29, 0.717) is 23.8 Å². The predicted octanol–water partition coefficient (Wildman–Crippen LogP) is 2.39. The van der Waals surface area contributed by atoms with Gasteiger partial charge in [-0.05, 0) is 30.5 Å². The zero-order valence-corrected chi connectivity index (χ0v) is 15.5. The number of hydrogen-bond donors (Lipinski definition) is 1. The monoisotopic (exact) mass is 381 g/mol. The number of carbonyl (C=O) groups is 1. The quantitative estimate of drug-likeness (QED) is 0.864. The fourth-order valence-corrected chi connectivity index (χ4v) is 4.68. The second-order valence-electron chi connectivity index (χ2n) is 6.06. The minimum absolute atomic E-state index is 0.153. The van der Waals surface area contributed by atoms with Crippen molar-refractivity contribution in [3.63, 3.8) is 0 Å². The van der Waals surface area contributed by atoms with Crippen molar-refractivity contribution in [3.8, 4) is 0 Å². The van der Waals surface area contributed by atoms with Crippen LogP contribution in [0.15, 0.2) is 41.4 Å². The van der Waals surface area contributed by atoms with Crippen molar-refractivity contribution in [2.24, 2.45) is 7.05 Å². The molecule has 1 aliphatic rings. The largest absolute Gasteiger partial charge is 0.347 e. The lowest BCUT2D eigenvalue weighted by atomic mass is 10.2. The molecule has 6 nitrogen and oxygen atoms in total. The second-order valence-corrected chi connectivity index (χ2v) is 8.40. The van der Waals surface area contributed by atoms with E-state index < -0.39 is 10.0 Å². The molecule has 1 amide bonds. The van der Waals surface area contributed by atoms with Crippen molar-refractivity contribution in [3.05, 3.63) is 52.8 Å². The zero-order valence-electron chi connectivity index (χ0n) is 13.9. The van der Waals surface area contributed by atoms with Gasteiger partial charge in [0.2, 0.25) is 10.0 Å². The Morgan fingerprint density at radius 3 is 2.60 bits per heavy atom. The molecule has 1 fully saturated rings. The minimum atomic E-state index is -3.54.